The van der Waals surface area contributed by atoms with Crippen LogP contribution < -0.4 is 10.6 Å². The van der Waals surface area contributed by atoms with Crippen LogP contribution in [0.5, 0.6) is 0 Å². The van der Waals surface area contributed by atoms with Gasteiger partial charge in [0.05, 0.1) is 12.2 Å². The van der Waals surface area contributed by atoms with Crippen LogP contribution in [0, 0.1) is 0 Å². The normalized spacial score (nSPS) is 24.5. The minimum Gasteiger partial charge on any atom is -0.348 e. The van der Waals surface area contributed by atoms with Gasteiger partial charge in [-0.25, -0.2) is 4.68 Å². The van der Waals surface area contributed by atoms with Gasteiger partial charge in [0.2, 0.25) is 0 Å². The van der Waals surface area contributed by atoms with Crippen molar-refractivity contribution in [2.45, 2.75) is 50.6 Å². The fraction of sp³-hybridized carbons (Fsp3) is 0.769. The number of nitrogens with zero attached hydrogens (tertiary/aromatic N) is 3. The molecule has 1 atom stereocenters. The van der Waals surface area contributed by atoms with E-state index < -0.39 is 0 Å². The second kappa shape index (κ2) is 5.69. The summed E-state index contributed by atoms with van der Waals surface area (Å²) in [6, 6.07) is 0.656. The Balaban J connectivity index is 1.61. The zero-order valence-electron chi connectivity index (χ0n) is 11.1. The number of carbonyl (C=O) groups excluding carboxylic acids is 1. The van der Waals surface area contributed by atoms with Gasteiger partial charge in [-0.05, 0) is 32.2 Å². The Hall–Kier alpha value is -1.43. The van der Waals surface area contributed by atoms with Gasteiger partial charge in [-0.1, -0.05) is 18.1 Å². The third-order valence-electron chi connectivity index (χ3n) is 4.08. The minimum atomic E-state index is -0.0816. The summed E-state index contributed by atoms with van der Waals surface area (Å²) in [7, 11) is 0. The Morgan fingerprint density at radius 3 is 2.89 bits per heavy atom. The second-order valence-electron chi connectivity index (χ2n) is 5.54. The molecule has 1 aromatic rings. The summed E-state index contributed by atoms with van der Waals surface area (Å²) in [5.41, 5.74) is 0.442. The highest BCUT2D eigenvalue weighted by atomic mass is 16.2. The van der Waals surface area contributed by atoms with Crippen molar-refractivity contribution >= 4 is 5.91 Å². The lowest BCUT2D eigenvalue weighted by Crippen LogP contribution is -2.33. The van der Waals surface area contributed by atoms with Crippen molar-refractivity contribution in [2.75, 3.05) is 13.1 Å². The molecular weight excluding hydrogens is 242 g/mol. The van der Waals surface area contributed by atoms with Gasteiger partial charge in [-0.3, -0.25) is 4.79 Å². The molecule has 19 heavy (non-hydrogen) atoms. The number of carbonyl (C=O) groups is 1. The monoisotopic (exact) mass is 263 g/mol. The highest BCUT2D eigenvalue weighted by Gasteiger charge is 2.21. The molecular formula is C13H21N5O. The van der Waals surface area contributed by atoms with Crippen LogP contribution in [0.1, 0.15) is 55.1 Å². The maximum atomic E-state index is 12.1. The summed E-state index contributed by atoms with van der Waals surface area (Å²) in [5, 5.41) is 14.5. The predicted molar refractivity (Wildman–Crippen MR) is 70.9 cm³/mol. The predicted octanol–water partition coefficient (Wildman–Crippen LogP) is 0.875. The molecule has 1 saturated heterocycles. The van der Waals surface area contributed by atoms with Gasteiger partial charge in [0, 0.05) is 12.6 Å². The van der Waals surface area contributed by atoms with Gasteiger partial charge in [0.25, 0.3) is 5.91 Å². The Morgan fingerprint density at radius 2 is 2.16 bits per heavy atom. The van der Waals surface area contributed by atoms with E-state index in [0.29, 0.717) is 17.8 Å². The Kier molecular flexibility index (Phi) is 3.77. The van der Waals surface area contributed by atoms with Crippen molar-refractivity contribution in [1.29, 1.82) is 0 Å². The zero-order valence-corrected chi connectivity index (χ0v) is 11.1. The van der Waals surface area contributed by atoms with Crippen LogP contribution in [0.15, 0.2) is 6.20 Å². The van der Waals surface area contributed by atoms with E-state index in [0.717, 1.165) is 38.8 Å². The molecule has 104 valence electrons. The fourth-order valence-corrected chi connectivity index (χ4v) is 2.95. The molecule has 6 nitrogen and oxygen atoms in total. The highest BCUT2D eigenvalue weighted by Crippen LogP contribution is 2.18. The number of rotatable bonds is 3. The van der Waals surface area contributed by atoms with Crippen molar-refractivity contribution in [3.8, 4) is 0 Å². The zero-order chi connectivity index (χ0) is 13.1. The number of aromatic nitrogens is 3. The van der Waals surface area contributed by atoms with Crippen LogP contribution in [0.4, 0.5) is 0 Å². The van der Waals surface area contributed by atoms with E-state index in [2.05, 4.69) is 20.9 Å². The van der Waals surface area contributed by atoms with Crippen LogP contribution in [-0.4, -0.2) is 40.0 Å². The molecule has 1 aliphatic heterocycles. The minimum absolute atomic E-state index is 0.0816. The molecule has 2 aliphatic rings. The van der Waals surface area contributed by atoms with Crippen molar-refractivity contribution in [3.05, 3.63) is 11.9 Å². The molecule has 2 heterocycles. The molecule has 2 N–H and O–H groups in total. The smallest absolute Gasteiger partial charge is 0.273 e. The molecule has 3 rings (SSSR count). The topological polar surface area (TPSA) is 71.8 Å². The van der Waals surface area contributed by atoms with Gasteiger partial charge >= 0.3 is 0 Å². The van der Waals surface area contributed by atoms with Gasteiger partial charge < -0.3 is 10.6 Å². The quantitative estimate of drug-likeness (QED) is 0.849. The molecule has 0 radical (unpaired) electrons. The number of amides is 1. The molecule has 0 bridgehead atoms. The van der Waals surface area contributed by atoms with Gasteiger partial charge in [-0.15, -0.1) is 5.10 Å². The lowest BCUT2D eigenvalue weighted by Gasteiger charge is -2.22. The average Bonchev–Trinajstić information content (AvgIpc) is 3.10. The van der Waals surface area contributed by atoms with E-state index in [-0.39, 0.29) is 5.91 Å². The molecule has 1 aliphatic carbocycles. The standard InChI is InChI=1S/C13H21N5O/c19-13(15-10-4-1-2-5-10)12-9-18(17-16-12)11-6-3-7-14-8-11/h9-11,14H,1-8H2,(H,15,19). The van der Waals surface area contributed by atoms with Crippen LogP contribution in [-0.2, 0) is 0 Å². The molecule has 0 aromatic carbocycles. The first-order valence-electron chi connectivity index (χ1n) is 7.26. The van der Waals surface area contributed by atoms with Crippen LogP contribution in [0.25, 0.3) is 0 Å². The highest BCUT2D eigenvalue weighted by molar-refractivity contribution is 5.92. The van der Waals surface area contributed by atoms with E-state index in [4.69, 9.17) is 0 Å². The van der Waals surface area contributed by atoms with Crippen LogP contribution >= 0.6 is 0 Å². The first kappa shape index (κ1) is 12.6. The van der Waals surface area contributed by atoms with E-state index in [1.54, 1.807) is 6.20 Å². The van der Waals surface area contributed by atoms with E-state index in [1.165, 1.54) is 12.8 Å². The molecule has 1 aromatic heterocycles. The van der Waals surface area contributed by atoms with Gasteiger partial charge in [0.15, 0.2) is 5.69 Å². The maximum absolute atomic E-state index is 12.1. The number of hydrogen-bond acceptors (Lipinski definition) is 4. The number of piperidine rings is 1. The van der Waals surface area contributed by atoms with E-state index in [1.807, 2.05) is 4.68 Å². The molecule has 6 heteroatoms. The largest absolute Gasteiger partial charge is 0.348 e. The summed E-state index contributed by atoms with van der Waals surface area (Å²) < 4.78 is 1.83. The first-order chi connectivity index (χ1) is 9.33. The SMILES string of the molecule is O=C(NC1CCCC1)c1cn(C2CCCNC2)nn1. The Bertz CT molecular complexity index is 432. The van der Waals surface area contributed by atoms with Crippen molar-refractivity contribution in [1.82, 2.24) is 25.6 Å². The Labute approximate surface area is 112 Å². The van der Waals surface area contributed by atoms with Gasteiger partial charge in [0.1, 0.15) is 0 Å². The van der Waals surface area contributed by atoms with Crippen molar-refractivity contribution in [3.63, 3.8) is 0 Å². The van der Waals surface area contributed by atoms with Crippen molar-refractivity contribution < 1.29 is 4.79 Å². The third-order valence-corrected chi connectivity index (χ3v) is 4.08. The van der Waals surface area contributed by atoms with Crippen LogP contribution in [0.3, 0.4) is 0 Å². The molecule has 1 amide bonds. The summed E-state index contributed by atoms with van der Waals surface area (Å²) >= 11 is 0. The molecule has 1 unspecified atom stereocenters. The van der Waals surface area contributed by atoms with E-state index >= 15 is 0 Å². The van der Waals surface area contributed by atoms with E-state index in [9.17, 15) is 4.79 Å². The summed E-state index contributed by atoms with van der Waals surface area (Å²) in [4.78, 5) is 12.1. The molecule has 0 spiro atoms. The average molecular weight is 263 g/mol. The summed E-state index contributed by atoms with van der Waals surface area (Å²) in [5.74, 6) is -0.0816. The van der Waals surface area contributed by atoms with Gasteiger partial charge in [-0.2, -0.15) is 0 Å². The molecule has 2 fully saturated rings. The summed E-state index contributed by atoms with van der Waals surface area (Å²) in [6.07, 6.45) is 8.63. The van der Waals surface area contributed by atoms with Crippen LogP contribution in [0.2, 0.25) is 0 Å². The van der Waals surface area contributed by atoms with Crippen molar-refractivity contribution in [2.24, 2.45) is 0 Å². The fourth-order valence-electron chi connectivity index (χ4n) is 2.95. The third kappa shape index (κ3) is 2.94. The molecule has 1 saturated carbocycles. The first-order valence-corrected chi connectivity index (χ1v) is 7.26. The lowest BCUT2D eigenvalue weighted by atomic mass is 10.1. The lowest BCUT2D eigenvalue weighted by molar-refractivity contribution is 0.0932. The number of nitrogens with one attached hydrogen (secondary N) is 2. The Morgan fingerprint density at radius 1 is 1.32 bits per heavy atom. The maximum Gasteiger partial charge on any atom is 0.273 e. The summed E-state index contributed by atoms with van der Waals surface area (Å²) in [6.45, 7) is 1.98. The number of hydrogen-bond donors (Lipinski definition) is 2. The second-order valence-corrected chi connectivity index (χ2v) is 5.54.